The Hall–Kier alpha value is -1.87. The normalized spacial score (nSPS) is 14.8. The zero-order valence-electron chi connectivity index (χ0n) is 14.7. The summed E-state index contributed by atoms with van der Waals surface area (Å²) in [5, 5.41) is 4.20. The molecule has 2 aromatic heterocycles. The van der Waals surface area contributed by atoms with Gasteiger partial charge >= 0.3 is 0 Å². The van der Waals surface area contributed by atoms with Gasteiger partial charge in [0.15, 0.2) is 0 Å². The smallest absolute Gasteiger partial charge is 0.219 e. The minimum atomic E-state index is -3.66. The van der Waals surface area contributed by atoms with E-state index in [0.717, 1.165) is 42.1 Å². The fraction of sp³-hybridized carbons (Fsp3) is 0.278. The topological polar surface area (TPSA) is 71.5 Å². The number of pyridine rings is 1. The monoisotopic (exact) mass is 425 g/mol. The number of hydrogen-bond acceptors (Lipinski definition) is 7. The molecule has 0 radical (unpaired) electrons. The van der Waals surface area contributed by atoms with Gasteiger partial charge in [-0.1, -0.05) is 12.1 Å². The Morgan fingerprint density at radius 1 is 1.19 bits per heavy atom. The second kappa shape index (κ2) is 8.02. The number of sulfone groups is 1. The molecule has 1 aliphatic rings. The number of benzene rings is 1. The molecule has 1 aromatic carbocycles. The Balaban J connectivity index is 0.00000210. The molecule has 144 valence electrons. The van der Waals surface area contributed by atoms with E-state index < -0.39 is 9.84 Å². The van der Waals surface area contributed by atoms with Gasteiger partial charge in [0, 0.05) is 42.5 Å². The number of hydrogen-bond donors (Lipinski definition) is 1. The largest absolute Gasteiger partial charge is 0.495 e. The van der Waals surface area contributed by atoms with Crippen LogP contribution < -0.4 is 15.0 Å². The van der Waals surface area contributed by atoms with E-state index in [1.807, 2.05) is 6.07 Å². The molecule has 1 saturated heterocycles. The summed E-state index contributed by atoms with van der Waals surface area (Å²) in [4.78, 5) is 6.90. The number of nitrogens with zero attached hydrogens (tertiary/aromatic N) is 2. The van der Waals surface area contributed by atoms with Gasteiger partial charge in [-0.2, -0.15) is 0 Å². The maximum absolute atomic E-state index is 13.2. The average molecular weight is 426 g/mol. The first-order chi connectivity index (χ1) is 12.6. The van der Waals surface area contributed by atoms with Crippen LogP contribution in [0.4, 0.5) is 5.82 Å². The van der Waals surface area contributed by atoms with Crippen molar-refractivity contribution < 1.29 is 13.2 Å². The van der Waals surface area contributed by atoms with Crippen LogP contribution in [0.15, 0.2) is 51.7 Å². The molecule has 3 heterocycles. The number of piperazine rings is 1. The van der Waals surface area contributed by atoms with E-state index in [4.69, 9.17) is 4.74 Å². The number of para-hydroxylation sites is 1. The van der Waals surface area contributed by atoms with Crippen molar-refractivity contribution in [1.29, 1.82) is 0 Å². The van der Waals surface area contributed by atoms with E-state index in [1.54, 1.807) is 36.5 Å². The Bertz CT molecular complexity index is 1050. The summed E-state index contributed by atoms with van der Waals surface area (Å²) in [5.74, 6) is 1.20. The van der Waals surface area contributed by atoms with Crippen LogP contribution >= 0.6 is 23.7 Å². The third-order valence-corrected chi connectivity index (χ3v) is 7.81. The molecule has 0 saturated carbocycles. The molecule has 1 aliphatic heterocycles. The van der Waals surface area contributed by atoms with Crippen LogP contribution in [0.3, 0.4) is 0 Å². The van der Waals surface area contributed by atoms with Crippen LogP contribution in [0, 0.1) is 0 Å². The number of anilines is 1. The highest BCUT2D eigenvalue weighted by Gasteiger charge is 2.25. The predicted octanol–water partition coefficient (Wildman–Crippen LogP) is 2.97. The van der Waals surface area contributed by atoms with Gasteiger partial charge < -0.3 is 15.0 Å². The van der Waals surface area contributed by atoms with Crippen molar-refractivity contribution in [2.45, 2.75) is 9.10 Å². The highest BCUT2D eigenvalue weighted by molar-refractivity contribution is 7.93. The average Bonchev–Trinajstić information content (AvgIpc) is 3.14. The molecule has 0 bridgehead atoms. The maximum Gasteiger partial charge on any atom is 0.219 e. The quantitative estimate of drug-likeness (QED) is 0.692. The first-order valence-electron chi connectivity index (χ1n) is 8.33. The standard InChI is InChI=1S/C18H19N3O3S2.ClH/c1-24-14-4-2-3-5-16(14)26(22,23)17-12-13-15(25-17)6-7-20-18(13)21-10-8-19-9-11-21;/h2-7,12,19H,8-11H2,1H3;1H. The molecular formula is C18H20ClN3O3S2. The molecule has 27 heavy (non-hydrogen) atoms. The van der Waals surface area contributed by atoms with Gasteiger partial charge in [-0.3, -0.25) is 0 Å². The number of nitrogens with one attached hydrogen (secondary N) is 1. The summed E-state index contributed by atoms with van der Waals surface area (Å²) in [5.41, 5.74) is 0. The van der Waals surface area contributed by atoms with Gasteiger partial charge in [0.05, 0.1) is 7.11 Å². The van der Waals surface area contributed by atoms with Crippen molar-refractivity contribution in [2.75, 3.05) is 38.2 Å². The lowest BCUT2D eigenvalue weighted by molar-refractivity contribution is 0.403. The predicted molar refractivity (Wildman–Crippen MR) is 110 cm³/mol. The number of aromatic nitrogens is 1. The molecule has 0 unspecified atom stereocenters. The fourth-order valence-electron chi connectivity index (χ4n) is 3.14. The molecule has 3 aromatic rings. The zero-order valence-corrected chi connectivity index (χ0v) is 17.2. The third kappa shape index (κ3) is 3.62. The molecule has 0 aliphatic carbocycles. The molecule has 1 fully saturated rings. The number of fused-ring (bicyclic) bond motifs is 1. The maximum atomic E-state index is 13.2. The lowest BCUT2D eigenvalue weighted by atomic mass is 10.2. The van der Waals surface area contributed by atoms with Gasteiger partial charge in [0.25, 0.3) is 0 Å². The summed E-state index contributed by atoms with van der Waals surface area (Å²) in [6.45, 7) is 3.51. The highest BCUT2D eigenvalue weighted by atomic mass is 35.5. The van der Waals surface area contributed by atoms with E-state index in [9.17, 15) is 8.42 Å². The first kappa shape index (κ1) is 19.9. The second-order valence-electron chi connectivity index (χ2n) is 6.00. The fourth-order valence-corrected chi connectivity index (χ4v) is 6.06. The number of ether oxygens (including phenoxy) is 1. The van der Waals surface area contributed by atoms with Crippen LogP contribution in [0.25, 0.3) is 10.1 Å². The summed E-state index contributed by atoms with van der Waals surface area (Å²) in [7, 11) is -2.18. The minimum absolute atomic E-state index is 0. The summed E-state index contributed by atoms with van der Waals surface area (Å²) >= 11 is 1.27. The highest BCUT2D eigenvalue weighted by Crippen LogP contribution is 2.38. The number of methoxy groups -OCH3 is 1. The van der Waals surface area contributed by atoms with Crippen molar-refractivity contribution in [2.24, 2.45) is 0 Å². The van der Waals surface area contributed by atoms with Gasteiger partial charge in [0.1, 0.15) is 20.7 Å². The van der Waals surface area contributed by atoms with Crippen LogP contribution in [0.2, 0.25) is 0 Å². The molecule has 1 N–H and O–H groups in total. The number of thiophene rings is 1. The van der Waals surface area contributed by atoms with Crippen molar-refractivity contribution in [3.8, 4) is 5.75 Å². The van der Waals surface area contributed by atoms with Crippen LogP contribution in [-0.2, 0) is 9.84 Å². The molecule has 4 rings (SSSR count). The van der Waals surface area contributed by atoms with Crippen molar-refractivity contribution >= 4 is 49.5 Å². The van der Waals surface area contributed by atoms with Crippen molar-refractivity contribution in [3.05, 3.63) is 42.6 Å². The summed E-state index contributed by atoms with van der Waals surface area (Å²) < 4.78 is 32.8. The molecule has 0 amide bonds. The van der Waals surface area contributed by atoms with E-state index in [-0.39, 0.29) is 17.3 Å². The summed E-state index contributed by atoms with van der Waals surface area (Å²) in [6, 6.07) is 10.3. The van der Waals surface area contributed by atoms with E-state index in [2.05, 4.69) is 15.2 Å². The third-order valence-electron chi connectivity index (χ3n) is 4.44. The van der Waals surface area contributed by atoms with Gasteiger partial charge in [-0.05, 0) is 24.3 Å². The Kier molecular flexibility index (Phi) is 5.90. The van der Waals surface area contributed by atoms with E-state index in [1.165, 1.54) is 18.4 Å². The first-order valence-corrected chi connectivity index (χ1v) is 10.6. The van der Waals surface area contributed by atoms with E-state index >= 15 is 0 Å². The number of halogens is 1. The van der Waals surface area contributed by atoms with Gasteiger partial charge in [-0.15, -0.1) is 23.7 Å². The number of rotatable bonds is 4. The molecular weight excluding hydrogens is 406 g/mol. The van der Waals surface area contributed by atoms with Crippen LogP contribution in [0.5, 0.6) is 5.75 Å². The Morgan fingerprint density at radius 2 is 1.93 bits per heavy atom. The van der Waals surface area contributed by atoms with Crippen LogP contribution in [-0.4, -0.2) is 46.7 Å². The molecule has 9 heteroatoms. The van der Waals surface area contributed by atoms with E-state index in [0.29, 0.717) is 9.96 Å². The molecule has 0 spiro atoms. The van der Waals surface area contributed by atoms with Crippen molar-refractivity contribution in [3.63, 3.8) is 0 Å². The zero-order chi connectivity index (χ0) is 18.1. The minimum Gasteiger partial charge on any atom is -0.495 e. The van der Waals surface area contributed by atoms with Gasteiger partial charge in [-0.25, -0.2) is 13.4 Å². The van der Waals surface area contributed by atoms with Crippen molar-refractivity contribution in [1.82, 2.24) is 10.3 Å². The Labute approximate surface area is 168 Å². The molecule has 0 atom stereocenters. The lowest BCUT2D eigenvalue weighted by Crippen LogP contribution is -2.43. The molecule has 6 nitrogen and oxygen atoms in total. The summed E-state index contributed by atoms with van der Waals surface area (Å²) in [6.07, 6.45) is 1.75. The van der Waals surface area contributed by atoms with Gasteiger partial charge in [0.2, 0.25) is 9.84 Å². The lowest BCUT2D eigenvalue weighted by Gasteiger charge is -2.28. The second-order valence-corrected chi connectivity index (χ2v) is 9.23. The SMILES string of the molecule is COc1ccccc1S(=O)(=O)c1cc2c(N3CCNCC3)nccc2s1.Cl. The van der Waals surface area contributed by atoms with Crippen LogP contribution in [0.1, 0.15) is 0 Å². The Morgan fingerprint density at radius 3 is 2.67 bits per heavy atom.